The van der Waals surface area contributed by atoms with Crippen LogP contribution in [-0.4, -0.2) is 25.1 Å². The van der Waals surface area contributed by atoms with E-state index in [4.69, 9.17) is 11.5 Å². The number of nitrogens with zero attached hydrogens (tertiary/aromatic N) is 1. The second kappa shape index (κ2) is 5.05. The zero-order chi connectivity index (χ0) is 7.98. The first-order valence-corrected chi connectivity index (χ1v) is 3.43. The molecule has 0 rings (SSSR count). The molecule has 0 saturated heterocycles. The standard InChI is InChI=1S/C6H16N4/c1-5(2)10-6(8)9-4-3-7/h5H,3-4,7H2,1-2H3,(H3,8,9,10). The van der Waals surface area contributed by atoms with Crippen LogP contribution in [0.5, 0.6) is 0 Å². The minimum absolute atomic E-state index is 0.335. The van der Waals surface area contributed by atoms with Gasteiger partial charge in [-0.3, -0.25) is 4.99 Å². The number of nitrogens with one attached hydrogen (secondary N) is 1. The monoisotopic (exact) mass is 144 g/mol. The largest absolute Gasteiger partial charge is 0.370 e. The molecule has 0 atom stereocenters. The van der Waals surface area contributed by atoms with Gasteiger partial charge in [-0.15, -0.1) is 0 Å². The van der Waals surface area contributed by atoms with Crippen molar-refractivity contribution in [3.8, 4) is 0 Å². The highest BCUT2D eigenvalue weighted by atomic mass is 15.1. The number of hydrogen-bond donors (Lipinski definition) is 3. The van der Waals surface area contributed by atoms with Gasteiger partial charge in [-0.05, 0) is 13.8 Å². The van der Waals surface area contributed by atoms with Crippen molar-refractivity contribution in [1.29, 1.82) is 0 Å². The molecule has 0 amide bonds. The summed E-state index contributed by atoms with van der Waals surface area (Å²) in [6.07, 6.45) is 0. The molecule has 0 saturated carbocycles. The molecule has 0 spiro atoms. The smallest absolute Gasteiger partial charge is 0.188 e. The highest BCUT2D eigenvalue weighted by molar-refractivity contribution is 5.78. The third-order valence-electron chi connectivity index (χ3n) is 0.848. The summed E-state index contributed by atoms with van der Waals surface area (Å²) in [6, 6.07) is 0.335. The van der Waals surface area contributed by atoms with E-state index >= 15 is 0 Å². The average molecular weight is 144 g/mol. The topological polar surface area (TPSA) is 76.4 Å². The summed E-state index contributed by atoms with van der Waals surface area (Å²) in [4.78, 5) is 3.94. The van der Waals surface area contributed by atoms with E-state index in [-0.39, 0.29) is 0 Å². The summed E-state index contributed by atoms with van der Waals surface area (Å²) in [6.45, 7) is 5.14. The van der Waals surface area contributed by atoms with E-state index < -0.39 is 0 Å². The number of rotatable bonds is 3. The molecule has 60 valence electrons. The van der Waals surface area contributed by atoms with Crippen LogP contribution in [0, 0.1) is 0 Å². The Bertz CT molecular complexity index is 108. The fourth-order valence-electron chi connectivity index (χ4n) is 0.526. The molecule has 0 aromatic heterocycles. The van der Waals surface area contributed by atoms with E-state index in [1.807, 2.05) is 13.8 Å². The normalized spacial score (nSPS) is 12.2. The fourth-order valence-corrected chi connectivity index (χ4v) is 0.526. The maximum atomic E-state index is 5.44. The minimum Gasteiger partial charge on any atom is -0.370 e. The van der Waals surface area contributed by atoms with Gasteiger partial charge in [-0.2, -0.15) is 0 Å². The molecular weight excluding hydrogens is 128 g/mol. The van der Waals surface area contributed by atoms with Gasteiger partial charge in [0.05, 0.1) is 6.54 Å². The molecular formula is C6H16N4. The van der Waals surface area contributed by atoms with E-state index in [0.717, 1.165) is 0 Å². The van der Waals surface area contributed by atoms with E-state index in [0.29, 0.717) is 25.1 Å². The first-order valence-electron chi connectivity index (χ1n) is 3.43. The van der Waals surface area contributed by atoms with Crippen molar-refractivity contribution >= 4 is 5.96 Å². The molecule has 0 aliphatic carbocycles. The van der Waals surface area contributed by atoms with Crippen LogP contribution in [-0.2, 0) is 0 Å². The van der Waals surface area contributed by atoms with E-state index in [1.165, 1.54) is 0 Å². The molecule has 4 nitrogen and oxygen atoms in total. The predicted octanol–water partition coefficient (Wildman–Crippen LogP) is -0.742. The van der Waals surface area contributed by atoms with Crippen LogP contribution < -0.4 is 16.8 Å². The summed E-state index contributed by atoms with van der Waals surface area (Å²) >= 11 is 0. The third kappa shape index (κ3) is 5.37. The Morgan fingerprint density at radius 2 is 2.20 bits per heavy atom. The molecule has 0 heterocycles. The van der Waals surface area contributed by atoms with Crippen LogP contribution in [0.2, 0.25) is 0 Å². The van der Waals surface area contributed by atoms with Crippen LogP contribution in [0.1, 0.15) is 13.8 Å². The van der Waals surface area contributed by atoms with Crippen LogP contribution in [0.25, 0.3) is 0 Å². The maximum absolute atomic E-state index is 5.44. The quantitative estimate of drug-likeness (QED) is 0.360. The fraction of sp³-hybridized carbons (Fsp3) is 0.833. The average Bonchev–Trinajstić information content (AvgIpc) is 1.82. The van der Waals surface area contributed by atoms with Crippen LogP contribution >= 0.6 is 0 Å². The van der Waals surface area contributed by atoms with E-state index in [2.05, 4.69) is 10.3 Å². The zero-order valence-electron chi connectivity index (χ0n) is 6.59. The van der Waals surface area contributed by atoms with E-state index in [9.17, 15) is 0 Å². The second-order valence-corrected chi connectivity index (χ2v) is 2.35. The third-order valence-corrected chi connectivity index (χ3v) is 0.848. The van der Waals surface area contributed by atoms with Crippen molar-refractivity contribution in [3.63, 3.8) is 0 Å². The van der Waals surface area contributed by atoms with Crippen molar-refractivity contribution in [2.75, 3.05) is 13.1 Å². The van der Waals surface area contributed by atoms with Gasteiger partial charge in [0.15, 0.2) is 5.96 Å². The van der Waals surface area contributed by atoms with Gasteiger partial charge < -0.3 is 16.8 Å². The van der Waals surface area contributed by atoms with E-state index in [1.54, 1.807) is 0 Å². The van der Waals surface area contributed by atoms with Crippen molar-refractivity contribution in [1.82, 2.24) is 5.32 Å². The molecule has 0 aliphatic heterocycles. The Labute approximate surface area is 61.7 Å². The number of aliphatic imine (C=N–C) groups is 1. The first-order chi connectivity index (χ1) is 4.66. The van der Waals surface area contributed by atoms with Crippen molar-refractivity contribution in [3.05, 3.63) is 0 Å². The van der Waals surface area contributed by atoms with Gasteiger partial charge >= 0.3 is 0 Å². The van der Waals surface area contributed by atoms with Crippen LogP contribution in [0.15, 0.2) is 4.99 Å². The number of hydrogen-bond acceptors (Lipinski definition) is 2. The maximum Gasteiger partial charge on any atom is 0.188 e. The summed E-state index contributed by atoms with van der Waals surface area (Å²) in [7, 11) is 0. The lowest BCUT2D eigenvalue weighted by Crippen LogP contribution is -2.37. The minimum atomic E-state index is 0.335. The highest BCUT2D eigenvalue weighted by Crippen LogP contribution is 1.74. The van der Waals surface area contributed by atoms with Gasteiger partial charge in [-0.1, -0.05) is 0 Å². The molecule has 5 N–H and O–H groups in total. The molecule has 10 heavy (non-hydrogen) atoms. The van der Waals surface area contributed by atoms with Gasteiger partial charge in [0.2, 0.25) is 0 Å². The first kappa shape index (κ1) is 9.23. The SMILES string of the molecule is CC(C)NC(N)=NCCN. The Kier molecular flexibility index (Phi) is 4.66. The highest BCUT2D eigenvalue weighted by Gasteiger charge is 1.92. The van der Waals surface area contributed by atoms with Crippen molar-refractivity contribution in [2.24, 2.45) is 16.5 Å². The lowest BCUT2D eigenvalue weighted by atomic mass is 10.4. The molecule has 0 aliphatic rings. The molecule has 4 heteroatoms. The van der Waals surface area contributed by atoms with Gasteiger partial charge in [-0.25, -0.2) is 0 Å². The number of guanidine groups is 1. The Balaban J connectivity index is 3.49. The Morgan fingerprint density at radius 3 is 2.60 bits per heavy atom. The summed E-state index contributed by atoms with van der Waals surface area (Å²) in [5.41, 5.74) is 10.7. The molecule has 0 aromatic carbocycles. The zero-order valence-corrected chi connectivity index (χ0v) is 6.59. The van der Waals surface area contributed by atoms with Gasteiger partial charge in [0.25, 0.3) is 0 Å². The lowest BCUT2D eigenvalue weighted by Gasteiger charge is -2.07. The Hall–Kier alpha value is -0.770. The summed E-state index contributed by atoms with van der Waals surface area (Å²) in [5, 5.41) is 2.95. The molecule has 0 radical (unpaired) electrons. The molecule has 0 unspecified atom stereocenters. The molecule has 0 bridgehead atoms. The van der Waals surface area contributed by atoms with Crippen LogP contribution in [0.3, 0.4) is 0 Å². The Morgan fingerprint density at radius 1 is 1.60 bits per heavy atom. The van der Waals surface area contributed by atoms with Crippen molar-refractivity contribution in [2.45, 2.75) is 19.9 Å². The van der Waals surface area contributed by atoms with Crippen LogP contribution in [0.4, 0.5) is 0 Å². The second-order valence-electron chi connectivity index (χ2n) is 2.35. The van der Waals surface area contributed by atoms with Gasteiger partial charge in [0.1, 0.15) is 0 Å². The number of nitrogens with two attached hydrogens (primary N) is 2. The predicted molar refractivity (Wildman–Crippen MR) is 43.8 cm³/mol. The lowest BCUT2D eigenvalue weighted by molar-refractivity contribution is 0.723. The van der Waals surface area contributed by atoms with Crippen molar-refractivity contribution < 1.29 is 0 Å². The van der Waals surface area contributed by atoms with Gasteiger partial charge in [0, 0.05) is 12.6 Å². The summed E-state index contributed by atoms with van der Waals surface area (Å²) < 4.78 is 0. The molecule has 0 aromatic rings. The molecule has 0 fully saturated rings. The summed E-state index contributed by atoms with van der Waals surface area (Å²) in [5.74, 6) is 0.473.